The van der Waals surface area contributed by atoms with Crippen LogP contribution in [0.5, 0.6) is 0 Å². The molecule has 3 atom stereocenters. The molecule has 0 bridgehead atoms. The summed E-state index contributed by atoms with van der Waals surface area (Å²) in [5.74, 6) is 1.15. The van der Waals surface area contributed by atoms with Crippen LogP contribution >= 0.6 is 0 Å². The van der Waals surface area contributed by atoms with Crippen molar-refractivity contribution in [1.29, 1.82) is 0 Å². The highest BCUT2D eigenvalue weighted by Crippen LogP contribution is 2.36. The van der Waals surface area contributed by atoms with Gasteiger partial charge >= 0.3 is 0 Å². The van der Waals surface area contributed by atoms with Gasteiger partial charge < -0.3 is 10.0 Å². The molecule has 0 amide bonds. The second kappa shape index (κ2) is 4.93. The fourth-order valence-corrected chi connectivity index (χ4v) is 3.52. The minimum Gasteiger partial charge on any atom is -0.393 e. The molecule has 0 radical (unpaired) electrons. The first-order valence-corrected chi connectivity index (χ1v) is 7.27. The molecule has 18 heavy (non-hydrogen) atoms. The molecular formula is C16H23NO. The highest BCUT2D eigenvalue weighted by Gasteiger charge is 2.29. The Labute approximate surface area is 110 Å². The van der Waals surface area contributed by atoms with E-state index in [1.807, 2.05) is 0 Å². The lowest BCUT2D eigenvalue weighted by molar-refractivity contribution is 0.135. The van der Waals surface area contributed by atoms with Gasteiger partial charge in [-0.15, -0.1) is 0 Å². The largest absolute Gasteiger partial charge is 0.393 e. The number of benzene rings is 1. The van der Waals surface area contributed by atoms with Crippen molar-refractivity contribution in [2.75, 3.05) is 18.0 Å². The molecule has 3 rings (SSSR count). The van der Waals surface area contributed by atoms with Crippen molar-refractivity contribution >= 4 is 5.69 Å². The zero-order valence-electron chi connectivity index (χ0n) is 11.2. The third-order valence-corrected chi connectivity index (χ3v) is 4.71. The zero-order chi connectivity index (χ0) is 12.5. The van der Waals surface area contributed by atoms with Crippen molar-refractivity contribution in [3.8, 4) is 0 Å². The first-order valence-electron chi connectivity index (χ1n) is 7.27. The molecule has 1 aromatic carbocycles. The van der Waals surface area contributed by atoms with Gasteiger partial charge in [-0.25, -0.2) is 0 Å². The van der Waals surface area contributed by atoms with Gasteiger partial charge in [-0.3, -0.25) is 0 Å². The van der Waals surface area contributed by atoms with Gasteiger partial charge in [0.1, 0.15) is 0 Å². The molecule has 1 aromatic rings. The lowest BCUT2D eigenvalue weighted by Gasteiger charge is -2.36. The predicted molar refractivity (Wildman–Crippen MR) is 75.0 cm³/mol. The maximum Gasteiger partial charge on any atom is 0.0585 e. The van der Waals surface area contributed by atoms with E-state index in [0.717, 1.165) is 19.5 Å². The summed E-state index contributed by atoms with van der Waals surface area (Å²) in [6, 6.07) is 8.78. The van der Waals surface area contributed by atoms with Gasteiger partial charge in [-0.05, 0) is 36.8 Å². The molecule has 1 saturated carbocycles. The van der Waals surface area contributed by atoms with Gasteiger partial charge in [0.2, 0.25) is 0 Å². The van der Waals surface area contributed by atoms with E-state index in [1.165, 1.54) is 30.5 Å². The Morgan fingerprint density at radius 2 is 2.06 bits per heavy atom. The van der Waals surface area contributed by atoms with Gasteiger partial charge in [0.25, 0.3) is 0 Å². The molecule has 2 nitrogen and oxygen atoms in total. The van der Waals surface area contributed by atoms with E-state index in [-0.39, 0.29) is 6.10 Å². The normalized spacial score (nSPS) is 31.4. The maximum absolute atomic E-state index is 9.99. The number of nitrogens with zero attached hydrogens (tertiary/aromatic N) is 1. The summed E-state index contributed by atoms with van der Waals surface area (Å²) in [4.78, 5) is 2.49. The van der Waals surface area contributed by atoms with Gasteiger partial charge in [0, 0.05) is 24.7 Å². The average molecular weight is 245 g/mol. The first kappa shape index (κ1) is 12.0. The smallest absolute Gasteiger partial charge is 0.0585 e. The van der Waals surface area contributed by atoms with Crippen LogP contribution in [0.3, 0.4) is 0 Å². The van der Waals surface area contributed by atoms with Crippen molar-refractivity contribution in [2.45, 2.75) is 44.6 Å². The van der Waals surface area contributed by atoms with E-state index in [2.05, 4.69) is 36.1 Å². The van der Waals surface area contributed by atoms with E-state index >= 15 is 0 Å². The van der Waals surface area contributed by atoms with Gasteiger partial charge in [-0.1, -0.05) is 31.5 Å². The lowest BCUT2D eigenvalue weighted by Crippen LogP contribution is -2.37. The van der Waals surface area contributed by atoms with Crippen LogP contribution in [-0.4, -0.2) is 24.3 Å². The van der Waals surface area contributed by atoms with Crippen LogP contribution in [0.25, 0.3) is 0 Å². The Balaban J connectivity index is 1.79. The fraction of sp³-hybridized carbons (Fsp3) is 0.625. The van der Waals surface area contributed by atoms with Crippen molar-refractivity contribution in [2.24, 2.45) is 5.92 Å². The van der Waals surface area contributed by atoms with Crippen LogP contribution in [0.2, 0.25) is 0 Å². The maximum atomic E-state index is 9.99. The number of rotatable bonds is 2. The van der Waals surface area contributed by atoms with Crippen molar-refractivity contribution in [3.63, 3.8) is 0 Å². The molecule has 0 aromatic heterocycles. The zero-order valence-corrected chi connectivity index (χ0v) is 11.2. The van der Waals surface area contributed by atoms with Crippen LogP contribution in [0.15, 0.2) is 24.3 Å². The third-order valence-electron chi connectivity index (χ3n) is 4.71. The van der Waals surface area contributed by atoms with Crippen LogP contribution in [0.4, 0.5) is 5.69 Å². The monoisotopic (exact) mass is 245 g/mol. The Morgan fingerprint density at radius 3 is 2.83 bits per heavy atom. The molecular weight excluding hydrogens is 222 g/mol. The van der Waals surface area contributed by atoms with Gasteiger partial charge in [-0.2, -0.15) is 0 Å². The Bertz CT molecular complexity index is 417. The van der Waals surface area contributed by atoms with Gasteiger partial charge in [0.15, 0.2) is 0 Å². The topological polar surface area (TPSA) is 23.5 Å². The number of anilines is 1. The van der Waals surface area contributed by atoms with Crippen LogP contribution in [-0.2, 0) is 0 Å². The van der Waals surface area contributed by atoms with E-state index in [1.54, 1.807) is 0 Å². The summed E-state index contributed by atoms with van der Waals surface area (Å²) < 4.78 is 0. The average Bonchev–Trinajstić information content (AvgIpc) is 2.79. The summed E-state index contributed by atoms with van der Waals surface area (Å²) in [6.45, 7) is 4.49. The van der Waals surface area contributed by atoms with Crippen molar-refractivity contribution in [3.05, 3.63) is 29.8 Å². The predicted octanol–water partition coefficient (Wildman–Crippen LogP) is 3.16. The number of hydrogen-bond acceptors (Lipinski definition) is 2. The second-order valence-corrected chi connectivity index (χ2v) is 5.95. The molecule has 1 heterocycles. The molecule has 1 aliphatic carbocycles. The van der Waals surface area contributed by atoms with Crippen LogP contribution in [0, 0.1) is 5.92 Å². The third kappa shape index (κ3) is 2.14. The fourth-order valence-electron chi connectivity index (χ4n) is 3.52. The number of fused-ring (bicyclic) bond motifs is 1. The highest BCUT2D eigenvalue weighted by atomic mass is 16.3. The summed E-state index contributed by atoms with van der Waals surface area (Å²) in [6.07, 6.45) is 4.54. The summed E-state index contributed by atoms with van der Waals surface area (Å²) >= 11 is 0. The molecule has 2 heteroatoms. The first-order chi connectivity index (χ1) is 8.75. The van der Waals surface area contributed by atoms with Crippen molar-refractivity contribution in [1.82, 2.24) is 0 Å². The number of aliphatic hydroxyl groups excluding tert-OH is 1. The lowest BCUT2D eigenvalue weighted by atomic mass is 9.90. The molecule has 3 unspecified atom stereocenters. The molecule has 1 aliphatic heterocycles. The minimum atomic E-state index is -0.0727. The standard InChI is InChI=1S/C16H23NO/c1-12-9-10-17(11-13-5-4-8-16(13)18)15-7-3-2-6-14(12)15/h2-3,6-7,12-13,16,18H,4-5,8-11H2,1H3. The molecule has 0 spiro atoms. The van der Waals surface area contributed by atoms with Crippen molar-refractivity contribution < 1.29 is 5.11 Å². The second-order valence-electron chi connectivity index (χ2n) is 5.95. The highest BCUT2D eigenvalue weighted by molar-refractivity contribution is 5.57. The molecule has 1 N–H and O–H groups in total. The number of hydrogen-bond donors (Lipinski definition) is 1. The minimum absolute atomic E-state index is 0.0727. The molecule has 1 fully saturated rings. The Kier molecular flexibility index (Phi) is 3.29. The Morgan fingerprint density at radius 1 is 1.22 bits per heavy atom. The van der Waals surface area contributed by atoms with E-state index < -0.39 is 0 Å². The number of para-hydroxylation sites is 1. The summed E-state index contributed by atoms with van der Waals surface area (Å²) in [5.41, 5.74) is 2.88. The van der Waals surface area contributed by atoms with E-state index in [0.29, 0.717) is 11.8 Å². The van der Waals surface area contributed by atoms with E-state index in [9.17, 15) is 5.11 Å². The van der Waals surface area contributed by atoms with E-state index in [4.69, 9.17) is 0 Å². The summed E-state index contributed by atoms with van der Waals surface area (Å²) in [7, 11) is 0. The molecule has 98 valence electrons. The molecule has 0 saturated heterocycles. The quantitative estimate of drug-likeness (QED) is 0.865. The molecule has 2 aliphatic rings. The van der Waals surface area contributed by atoms with Crippen LogP contribution in [0.1, 0.15) is 44.1 Å². The summed E-state index contributed by atoms with van der Waals surface area (Å²) in [5, 5.41) is 9.99. The SMILES string of the molecule is CC1CCN(CC2CCCC2O)c2ccccc21. The Hall–Kier alpha value is -1.02. The number of aliphatic hydroxyl groups is 1. The van der Waals surface area contributed by atoms with Gasteiger partial charge in [0.05, 0.1) is 6.10 Å². The van der Waals surface area contributed by atoms with Crippen LogP contribution < -0.4 is 4.90 Å².